The van der Waals surface area contributed by atoms with E-state index in [2.05, 4.69) is 56.5 Å². The number of benzene rings is 2. The Morgan fingerprint density at radius 2 is 1.88 bits per heavy atom. The van der Waals surface area contributed by atoms with E-state index in [1.54, 1.807) is 0 Å². The highest BCUT2D eigenvalue weighted by atomic mass is 79.9. The molecule has 6 nitrogen and oxygen atoms in total. The summed E-state index contributed by atoms with van der Waals surface area (Å²) in [5, 5.41) is 27.0. The van der Waals surface area contributed by atoms with E-state index in [9.17, 15) is 4.79 Å². The molecule has 0 radical (unpaired) electrons. The first kappa shape index (κ1) is 18.9. The van der Waals surface area contributed by atoms with E-state index < -0.39 is 5.97 Å². The van der Waals surface area contributed by atoms with Gasteiger partial charge in [0.25, 0.3) is 0 Å². The number of carboxylic acid groups (broad SMARTS) is 1. The number of thioether (sulfide) groups is 1. The molecule has 26 heavy (non-hydrogen) atoms. The lowest BCUT2D eigenvalue weighted by Gasteiger charge is -2.13. The Bertz CT molecular complexity index is 941. The zero-order valence-electron chi connectivity index (χ0n) is 14.1. The summed E-state index contributed by atoms with van der Waals surface area (Å²) < 4.78 is 2.44. The summed E-state index contributed by atoms with van der Waals surface area (Å²) in [5.41, 5.74) is 2.35. The van der Waals surface area contributed by atoms with Gasteiger partial charge in [-0.2, -0.15) is 0 Å². The molecule has 0 spiro atoms. The van der Waals surface area contributed by atoms with Crippen LogP contribution in [0.3, 0.4) is 0 Å². The van der Waals surface area contributed by atoms with Crippen LogP contribution in [0.2, 0.25) is 0 Å². The van der Waals surface area contributed by atoms with Gasteiger partial charge in [-0.05, 0) is 51.7 Å². The van der Waals surface area contributed by atoms with Crippen molar-refractivity contribution in [3.05, 3.63) is 46.7 Å². The van der Waals surface area contributed by atoms with E-state index in [-0.39, 0.29) is 5.75 Å². The van der Waals surface area contributed by atoms with Crippen molar-refractivity contribution < 1.29 is 15.0 Å². The molecule has 2 aromatic carbocycles. The Morgan fingerprint density at radius 1 is 1.19 bits per heavy atom. The molecule has 1 aromatic heterocycles. The van der Waals surface area contributed by atoms with E-state index in [0.717, 1.165) is 29.9 Å². The summed E-state index contributed by atoms with van der Waals surface area (Å²) in [6.07, 6.45) is 2.50. The molecule has 0 aliphatic heterocycles. The summed E-state index contributed by atoms with van der Waals surface area (Å²) in [6.45, 7) is 0. The number of halogens is 1. The predicted molar refractivity (Wildman–Crippen MR) is 105 cm³/mol. The molecule has 0 bridgehead atoms. The van der Waals surface area contributed by atoms with Crippen molar-refractivity contribution in [2.75, 3.05) is 12.9 Å². The van der Waals surface area contributed by atoms with Gasteiger partial charge >= 0.3 is 5.97 Å². The summed E-state index contributed by atoms with van der Waals surface area (Å²) in [6, 6.07) is 12.6. The first-order valence-electron chi connectivity index (χ1n) is 8.07. The van der Waals surface area contributed by atoms with Crippen molar-refractivity contribution >= 4 is 44.4 Å². The number of aliphatic carboxylic acids is 1. The lowest BCUT2D eigenvalue weighted by atomic mass is 9.99. The van der Waals surface area contributed by atoms with Gasteiger partial charge in [-0.3, -0.25) is 9.36 Å². The highest BCUT2D eigenvalue weighted by Gasteiger charge is 2.26. The quantitative estimate of drug-likeness (QED) is 0.591. The number of aliphatic hydroxyl groups excluding tert-OH is 1. The highest BCUT2D eigenvalue weighted by molar-refractivity contribution is 9.10. The van der Waals surface area contributed by atoms with Gasteiger partial charge in [0.1, 0.15) is 0 Å². The molecule has 1 aliphatic carbocycles. The Hall–Kier alpha value is -1.90. The van der Waals surface area contributed by atoms with Gasteiger partial charge in [-0.15, -0.1) is 10.2 Å². The molecule has 4 rings (SSSR count). The van der Waals surface area contributed by atoms with Gasteiger partial charge in [0.2, 0.25) is 4.73 Å². The second-order valence-corrected chi connectivity index (χ2v) is 7.41. The van der Waals surface area contributed by atoms with Gasteiger partial charge < -0.3 is 10.2 Å². The maximum atomic E-state index is 10.9. The summed E-state index contributed by atoms with van der Waals surface area (Å²) in [7, 11) is 1.00. The third-order valence-corrected chi connectivity index (χ3v) is 5.54. The Balaban J connectivity index is 0.000000948. The van der Waals surface area contributed by atoms with Crippen LogP contribution >= 0.6 is 27.7 Å². The van der Waals surface area contributed by atoms with E-state index in [0.29, 0.717) is 15.8 Å². The maximum absolute atomic E-state index is 10.9. The summed E-state index contributed by atoms with van der Waals surface area (Å²) in [5.74, 6) is -0.266. The van der Waals surface area contributed by atoms with Crippen molar-refractivity contribution in [3.63, 3.8) is 0 Å². The Kier molecular flexibility index (Phi) is 5.95. The number of aliphatic hydroxyl groups is 1. The first-order valence-corrected chi connectivity index (χ1v) is 9.85. The SMILES string of the molecule is CO.O=C(O)CSc1nnc(Br)n1-c1ccc(C2CC2)c2ccccc12. The summed E-state index contributed by atoms with van der Waals surface area (Å²) in [4.78, 5) is 10.9. The van der Waals surface area contributed by atoms with Crippen LogP contribution in [0.25, 0.3) is 16.5 Å². The van der Waals surface area contributed by atoms with E-state index >= 15 is 0 Å². The number of nitrogens with zero attached hydrogens (tertiary/aromatic N) is 3. The molecule has 8 heteroatoms. The molecule has 0 atom stereocenters. The van der Waals surface area contributed by atoms with Crippen LogP contribution < -0.4 is 0 Å². The largest absolute Gasteiger partial charge is 0.481 e. The third-order valence-electron chi connectivity index (χ3n) is 4.11. The number of aromatic nitrogens is 3. The minimum absolute atomic E-state index is 0.0524. The van der Waals surface area contributed by atoms with Crippen molar-refractivity contribution in [2.45, 2.75) is 23.9 Å². The fourth-order valence-electron chi connectivity index (χ4n) is 2.93. The number of carboxylic acids is 1. The van der Waals surface area contributed by atoms with Crippen molar-refractivity contribution in [3.8, 4) is 5.69 Å². The third kappa shape index (κ3) is 3.77. The second kappa shape index (κ2) is 8.20. The number of fused-ring (bicyclic) bond motifs is 1. The Morgan fingerprint density at radius 3 is 2.54 bits per heavy atom. The number of rotatable bonds is 5. The number of hydrogen-bond acceptors (Lipinski definition) is 5. The molecular formula is C18H18BrN3O3S. The molecular weight excluding hydrogens is 418 g/mol. The zero-order chi connectivity index (χ0) is 18.7. The first-order chi connectivity index (χ1) is 12.6. The molecule has 1 aliphatic rings. The number of hydrogen-bond donors (Lipinski definition) is 2. The van der Waals surface area contributed by atoms with Gasteiger partial charge in [0, 0.05) is 12.5 Å². The molecule has 1 fully saturated rings. The minimum Gasteiger partial charge on any atom is -0.481 e. The van der Waals surface area contributed by atoms with Crippen LogP contribution in [0, 0.1) is 0 Å². The van der Waals surface area contributed by atoms with E-state index in [4.69, 9.17) is 10.2 Å². The Labute approximate surface area is 163 Å². The molecule has 0 saturated heterocycles. The molecule has 3 aromatic rings. The normalized spacial score (nSPS) is 13.3. The minimum atomic E-state index is -0.875. The summed E-state index contributed by atoms with van der Waals surface area (Å²) >= 11 is 4.60. The van der Waals surface area contributed by atoms with Crippen molar-refractivity contribution in [2.24, 2.45) is 0 Å². The fraction of sp³-hybridized carbons (Fsp3) is 0.278. The van der Waals surface area contributed by atoms with E-state index in [1.807, 2.05) is 10.6 Å². The smallest absolute Gasteiger partial charge is 0.313 e. The van der Waals surface area contributed by atoms with Gasteiger partial charge in [0.05, 0.1) is 11.4 Å². The van der Waals surface area contributed by atoms with Gasteiger partial charge in [0.15, 0.2) is 5.16 Å². The molecule has 2 N–H and O–H groups in total. The second-order valence-electron chi connectivity index (χ2n) is 5.76. The zero-order valence-corrected chi connectivity index (χ0v) is 16.5. The average Bonchev–Trinajstić information content (AvgIpc) is 3.44. The van der Waals surface area contributed by atoms with Gasteiger partial charge in [-0.25, -0.2) is 0 Å². The van der Waals surface area contributed by atoms with Crippen LogP contribution in [-0.4, -0.2) is 43.8 Å². The van der Waals surface area contributed by atoms with E-state index in [1.165, 1.54) is 23.8 Å². The lowest BCUT2D eigenvalue weighted by Crippen LogP contribution is -2.03. The molecule has 0 unspecified atom stereocenters. The van der Waals surface area contributed by atoms with Crippen LogP contribution in [-0.2, 0) is 4.79 Å². The maximum Gasteiger partial charge on any atom is 0.313 e. The van der Waals surface area contributed by atoms with Crippen LogP contribution in [0.4, 0.5) is 0 Å². The lowest BCUT2D eigenvalue weighted by molar-refractivity contribution is -0.133. The average molecular weight is 436 g/mol. The molecule has 136 valence electrons. The van der Waals surface area contributed by atoms with Crippen molar-refractivity contribution in [1.82, 2.24) is 14.8 Å². The molecule has 0 amide bonds. The van der Waals surface area contributed by atoms with Crippen LogP contribution in [0.5, 0.6) is 0 Å². The highest BCUT2D eigenvalue weighted by Crippen LogP contribution is 2.44. The number of carbonyl (C=O) groups is 1. The fourth-order valence-corrected chi connectivity index (χ4v) is 4.15. The predicted octanol–water partition coefficient (Wildman–Crippen LogP) is 3.85. The van der Waals surface area contributed by atoms with Crippen LogP contribution in [0.1, 0.15) is 24.3 Å². The topological polar surface area (TPSA) is 88.2 Å². The molecule has 1 saturated carbocycles. The monoisotopic (exact) mass is 435 g/mol. The van der Waals surface area contributed by atoms with Gasteiger partial charge in [-0.1, -0.05) is 42.1 Å². The standard InChI is InChI=1S/C17H14BrN3O2S.CH4O/c18-16-19-20-17(24-9-15(22)23)21(16)14-8-7-11(10-5-6-10)12-3-1-2-4-13(12)14;1-2/h1-4,7-8,10H,5-6,9H2,(H,22,23);2H,1H3. The van der Waals surface area contributed by atoms with Crippen LogP contribution in [0.15, 0.2) is 46.3 Å². The van der Waals surface area contributed by atoms with Crippen molar-refractivity contribution in [1.29, 1.82) is 0 Å². The molecule has 1 heterocycles.